The van der Waals surface area contributed by atoms with Gasteiger partial charge in [0.1, 0.15) is 0 Å². The minimum Gasteiger partial charge on any atom is -0.447 e. The Morgan fingerprint density at radius 3 is 2.00 bits per heavy atom. The van der Waals surface area contributed by atoms with Crippen LogP contribution in [0.3, 0.4) is 0 Å². The summed E-state index contributed by atoms with van der Waals surface area (Å²) in [6.07, 6.45) is 6.02. The van der Waals surface area contributed by atoms with E-state index >= 15 is 0 Å². The lowest BCUT2D eigenvalue weighted by Crippen LogP contribution is -2.45. The molecule has 20 heavy (non-hydrogen) atoms. The maximum absolute atomic E-state index is 11.7. The Labute approximate surface area is 118 Å². The van der Waals surface area contributed by atoms with Gasteiger partial charge in [-0.15, -0.1) is 0 Å². The van der Waals surface area contributed by atoms with Crippen molar-refractivity contribution < 1.29 is 23.9 Å². The molecule has 0 aromatic rings. The predicted molar refractivity (Wildman–Crippen MR) is 73.3 cm³/mol. The average Bonchev–Trinajstić information content (AvgIpc) is 2.40. The first-order chi connectivity index (χ1) is 9.38. The van der Waals surface area contributed by atoms with Crippen molar-refractivity contribution in [2.45, 2.75) is 44.6 Å². The van der Waals surface area contributed by atoms with Crippen molar-refractivity contribution in [2.24, 2.45) is 5.73 Å². The van der Waals surface area contributed by atoms with Gasteiger partial charge in [0.25, 0.3) is 0 Å². The van der Waals surface area contributed by atoms with Gasteiger partial charge in [-0.25, -0.2) is 4.79 Å². The molecule has 6 heteroatoms. The van der Waals surface area contributed by atoms with E-state index in [-0.39, 0.29) is 0 Å². The summed E-state index contributed by atoms with van der Waals surface area (Å²) < 4.78 is 9.87. The molecule has 0 aromatic carbocycles. The molecule has 6 nitrogen and oxygen atoms in total. The average molecular weight is 283 g/mol. The number of rotatable bonds is 4. The highest BCUT2D eigenvalue weighted by Crippen LogP contribution is 2.33. The van der Waals surface area contributed by atoms with Crippen LogP contribution in [0.25, 0.3) is 0 Å². The van der Waals surface area contributed by atoms with E-state index in [0.717, 1.165) is 31.6 Å². The lowest BCUT2D eigenvalue weighted by molar-refractivity contribution is -0.181. The maximum atomic E-state index is 11.7. The minimum absolute atomic E-state index is 0.446. The summed E-state index contributed by atoms with van der Waals surface area (Å²) in [5, 5.41) is 0. The maximum Gasteiger partial charge on any atom is 0.355 e. The van der Waals surface area contributed by atoms with Crippen molar-refractivity contribution in [2.75, 3.05) is 0 Å². The van der Waals surface area contributed by atoms with Crippen LogP contribution in [-0.2, 0) is 23.9 Å². The summed E-state index contributed by atoms with van der Waals surface area (Å²) in [7, 11) is 0. The van der Waals surface area contributed by atoms with Crippen molar-refractivity contribution in [3.05, 3.63) is 25.5 Å². The van der Waals surface area contributed by atoms with E-state index in [9.17, 15) is 14.4 Å². The molecular weight excluding hydrogens is 262 g/mol. The number of hydrogen-bond acceptors (Lipinski definition) is 5. The van der Waals surface area contributed by atoms with Crippen molar-refractivity contribution >= 4 is 17.8 Å². The fourth-order valence-corrected chi connectivity index (χ4v) is 1.93. The van der Waals surface area contributed by atoms with Crippen LogP contribution in [0.5, 0.6) is 0 Å². The second kappa shape index (κ2) is 8.90. The molecule has 0 radical (unpaired) electrons. The molecule has 1 aliphatic carbocycles. The summed E-state index contributed by atoms with van der Waals surface area (Å²) in [5.74, 6) is -1.43. The highest BCUT2D eigenvalue weighted by atomic mass is 16.6. The lowest BCUT2D eigenvalue weighted by atomic mass is 9.84. The first-order valence-electron chi connectivity index (χ1n) is 6.31. The topological polar surface area (TPSA) is 95.7 Å². The Balaban J connectivity index is 0.000000621. The van der Waals surface area contributed by atoms with Crippen LogP contribution in [0.1, 0.15) is 39.0 Å². The monoisotopic (exact) mass is 283 g/mol. The molecule has 1 fully saturated rings. The molecule has 112 valence electrons. The summed E-state index contributed by atoms with van der Waals surface area (Å²) in [6, 6.07) is 0. The van der Waals surface area contributed by atoms with E-state index in [1.54, 1.807) is 0 Å². The molecule has 1 saturated carbocycles. The fraction of sp³-hybridized carbons (Fsp3) is 0.500. The van der Waals surface area contributed by atoms with Crippen molar-refractivity contribution in [3.63, 3.8) is 0 Å². The number of esters is 2. The number of carbonyl (C=O) groups excluding carboxylic acids is 3. The number of carbonyl (C=O) groups is 3. The first-order valence-corrected chi connectivity index (χ1v) is 6.31. The molecule has 0 aromatic heterocycles. The Bertz CT molecular complexity index is 383. The quantitative estimate of drug-likeness (QED) is 0.480. The zero-order valence-electron chi connectivity index (χ0n) is 11.7. The normalized spacial score (nSPS) is 15.8. The Morgan fingerprint density at radius 1 is 1.15 bits per heavy atom. The van der Waals surface area contributed by atoms with E-state index in [2.05, 4.69) is 18.9 Å². The molecule has 0 atom stereocenters. The number of primary amides is 1. The van der Waals surface area contributed by atoms with E-state index in [4.69, 9.17) is 9.47 Å². The summed E-state index contributed by atoms with van der Waals surface area (Å²) >= 11 is 0. The zero-order valence-corrected chi connectivity index (χ0v) is 11.7. The smallest absolute Gasteiger partial charge is 0.355 e. The van der Waals surface area contributed by atoms with Crippen molar-refractivity contribution in [1.82, 2.24) is 0 Å². The van der Waals surface area contributed by atoms with Gasteiger partial charge in [0.15, 0.2) is 0 Å². The van der Waals surface area contributed by atoms with Crippen molar-refractivity contribution in [3.8, 4) is 0 Å². The number of hydrogen-bond donors (Lipinski definition) is 1. The van der Waals surface area contributed by atoms with Crippen molar-refractivity contribution in [1.29, 1.82) is 0 Å². The number of amides is 1. The summed E-state index contributed by atoms with van der Waals surface area (Å²) in [6.45, 7) is 7.71. The largest absolute Gasteiger partial charge is 0.447 e. The molecule has 0 heterocycles. The molecule has 0 spiro atoms. The van der Waals surface area contributed by atoms with E-state index in [1.807, 2.05) is 0 Å². The fourth-order valence-electron chi connectivity index (χ4n) is 1.93. The predicted octanol–water partition coefficient (Wildman–Crippen LogP) is 1.60. The number of nitrogens with two attached hydrogens (primary N) is 1. The van der Waals surface area contributed by atoms with Gasteiger partial charge in [-0.05, 0) is 31.8 Å². The van der Waals surface area contributed by atoms with E-state index in [0.29, 0.717) is 12.8 Å². The van der Waals surface area contributed by atoms with Gasteiger partial charge in [0.2, 0.25) is 11.5 Å². The molecule has 2 N–H and O–H groups in total. The van der Waals surface area contributed by atoms with Crippen LogP contribution >= 0.6 is 0 Å². The van der Waals surface area contributed by atoms with Crippen LogP contribution in [-0.4, -0.2) is 23.4 Å². The second-order valence-corrected chi connectivity index (χ2v) is 4.33. The SMILES string of the molecule is C=CC(N)=O.C=COC(=O)C1(OC(C)=O)CCCCC1. The molecule has 0 aliphatic heterocycles. The first kappa shape index (κ1) is 17.9. The molecule has 1 rings (SSSR count). The molecule has 1 amide bonds. The lowest BCUT2D eigenvalue weighted by Gasteiger charge is -2.33. The molecule has 0 unspecified atom stereocenters. The zero-order chi connectivity index (χ0) is 15.6. The van der Waals surface area contributed by atoms with Gasteiger partial charge in [0, 0.05) is 6.92 Å². The van der Waals surface area contributed by atoms with Gasteiger partial charge in [0.05, 0.1) is 6.26 Å². The van der Waals surface area contributed by atoms with E-state index < -0.39 is 23.4 Å². The molecule has 0 bridgehead atoms. The Hall–Kier alpha value is -2.11. The summed E-state index contributed by atoms with van der Waals surface area (Å²) in [5.41, 5.74) is 3.46. The third-order valence-corrected chi connectivity index (χ3v) is 2.76. The highest BCUT2D eigenvalue weighted by Gasteiger charge is 2.44. The molecule has 1 aliphatic rings. The van der Waals surface area contributed by atoms with Crippen LogP contribution in [0.15, 0.2) is 25.5 Å². The van der Waals surface area contributed by atoms with Gasteiger partial charge >= 0.3 is 11.9 Å². The van der Waals surface area contributed by atoms with E-state index in [1.165, 1.54) is 6.92 Å². The second-order valence-electron chi connectivity index (χ2n) is 4.33. The third kappa shape index (κ3) is 6.17. The Morgan fingerprint density at radius 2 is 1.65 bits per heavy atom. The molecule has 0 saturated heterocycles. The molecular formula is C14H21NO5. The highest BCUT2D eigenvalue weighted by molar-refractivity contribution is 5.85. The summed E-state index contributed by atoms with van der Waals surface area (Å²) in [4.78, 5) is 32.1. The van der Waals surface area contributed by atoms with Crippen LogP contribution < -0.4 is 5.73 Å². The number of ether oxygens (including phenoxy) is 2. The van der Waals surface area contributed by atoms with Gasteiger partial charge in [-0.3, -0.25) is 9.59 Å². The van der Waals surface area contributed by atoms with Gasteiger partial charge in [-0.1, -0.05) is 19.6 Å². The minimum atomic E-state index is -1.07. The standard InChI is InChI=1S/C11H16O4.C3H5NO/c1-3-14-10(13)11(15-9(2)12)7-5-4-6-8-11;1-2-3(4)5/h3H,1,4-8H2,2H3;2H,1H2,(H2,4,5). The Kier molecular flexibility index (Phi) is 7.96. The third-order valence-electron chi connectivity index (χ3n) is 2.76. The van der Waals surface area contributed by atoms with Crippen LogP contribution in [0, 0.1) is 0 Å². The van der Waals surface area contributed by atoms with Crippen LogP contribution in [0.4, 0.5) is 0 Å². The van der Waals surface area contributed by atoms with Gasteiger partial charge < -0.3 is 15.2 Å². The van der Waals surface area contributed by atoms with Crippen LogP contribution in [0.2, 0.25) is 0 Å². The van der Waals surface area contributed by atoms with Gasteiger partial charge in [-0.2, -0.15) is 0 Å².